The van der Waals surface area contributed by atoms with Crippen molar-refractivity contribution in [3.8, 4) is 0 Å². The lowest BCUT2D eigenvalue weighted by Crippen LogP contribution is -2.15. The van der Waals surface area contributed by atoms with Gasteiger partial charge in [-0.1, -0.05) is 121 Å². The standard InChI is InChI=1S/C40H22N8/c1-5-15-25-21(11-1)31-33-23-13-3-7-17-27(23)37(43-33)46-39-29-19-9-10-20-30(29)40(48-39)47-38-28-18-8-4-14-24(28)34(44-38)32-22-12-2-6-16-26(22)36(42-32)45-35(25)41-31/h1-20H,(H,41,42,45)(H,43,44,46,47,48). The summed E-state index contributed by atoms with van der Waals surface area (Å²) in [5.41, 5.74) is 10.3. The first-order valence-electron chi connectivity index (χ1n) is 15.8. The van der Waals surface area contributed by atoms with Crippen LogP contribution in [0.25, 0.3) is 38.6 Å². The molecule has 8 heteroatoms. The topological polar surface area (TPSA) is 106 Å². The number of hydrogen-bond acceptors (Lipinski definition) is 6. The van der Waals surface area contributed by atoms with Crippen molar-refractivity contribution in [2.24, 2.45) is 30.0 Å². The molecule has 0 saturated carbocycles. The Hall–Kier alpha value is -6.80. The molecule has 0 aliphatic carbocycles. The lowest BCUT2D eigenvalue weighted by Gasteiger charge is -2.03. The number of H-pyrrole nitrogens is 2. The molecule has 48 heavy (non-hydrogen) atoms. The van der Waals surface area contributed by atoms with Crippen LogP contribution in [0.5, 0.6) is 0 Å². The molecular formula is C40H22N8. The fraction of sp³-hybridized carbons (Fsp3) is 0. The number of amidine groups is 3. The van der Waals surface area contributed by atoms with Gasteiger partial charge in [-0.2, -0.15) is 0 Å². The predicted octanol–water partition coefficient (Wildman–Crippen LogP) is 5.18. The minimum Gasteiger partial charge on any atom is -0.337 e. The van der Waals surface area contributed by atoms with Crippen LogP contribution < -0.4 is 21.8 Å². The van der Waals surface area contributed by atoms with Crippen molar-refractivity contribution in [3.63, 3.8) is 0 Å². The molecule has 6 heterocycles. The summed E-state index contributed by atoms with van der Waals surface area (Å²) in [7, 11) is 0. The van der Waals surface area contributed by atoms with E-state index in [0.717, 1.165) is 82.9 Å². The highest BCUT2D eigenvalue weighted by atomic mass is 15.1. The van der Waals surface area contributed by atoms with E-state index in [-0.39, 0.29) is 0 Å². The molecule has 5 aromatic carbocycles. The van der Waals surface area contributed by atoms with Crippen molar-refractivity contribution in [2.75, 3.05) is 0 Å². The van der Waals surface area contributed by atoms with Crippen molar-refractivity contribution in [3.05, 3.63) is 177 Å². The van der Waals surface area contributed by atoms with Crippen LogP contribution in [-0.2, 0) is 0 Å². The molecule has 0 saturated heterocycles. The number of aromatic amines is 2. The second kappa shape index (κ2) is 9.37. The number of rotatable bonds is 0. The van der Waals surface area contributed by atoms with Gasteiger partial charge in [0.05, 0.1) is 22.4 Å². The van der Waals surface area contributed by atoms with Crippen molar-refractivity contribution in [1.29, 1.82) is 0 Å². The molecule has 2 aromatic heterocycles. The maximum atomic E-state index is 5.21. The second-order valence-electron chi connectivity index (χ2n) is 12.1. The van der Waals surface area contributed by atoms with Gasteiger partial charge in [-0.3, -0.25) is 0 Å². The molecule has 4 aliphatic heterocycles. The molecule has 0 unspecified atom stereocenters. The van der Waals surface area contributed by atoms with E-state index >= 15 is 0 Å². The zero-order valence-corrected chi connectivity index (χ0v) is 25.2. The average Bonchev–Trinajstić information content (AvgIpc) is 3.94. The van der Waals surface area contributed by atoms with Gasteiger partial charge in [-0.15, -0.1) is 0 Å². The first kappa shape index (κ1) is 25.4. The lowest BCUT2D eigenvalue weighted by atomic mass is 10.0. The Kier molecular flexibility index (Phi) is 4.96. The molecular weight excluding hydrogens is 592 g/mol. The fourth-order valence-electron chi connectivity index (χ4n) is 7.21. The van der Waals surface area contributed by atoms with Gasteiger partial charge in [0.15, 0.2) is 17.5 Å². The van der Waals surface area contributed by atoms with Crippen molar-refractivity contribution < 1.29 is 0 Å². The molecule has 222 valence electrons. The first-order valence-corrected chi connectivity index (χ1v) is 15.8. The van der Waals surface area contributed by atoms with E-state index in [1.807, 2.05) is 60.7 Å². The van der Waals surface area contributed by atoms with Crippen molar-refractivity contribution in [2.45, 2.75) is 0 Å². The van der Waals surface area contributed by atoms with Crippen LogP contribution in [0, 0.1) is 0 Å². The molecule has 2 N–H and O–H groups in total. The van der Waals surface area contributed by atoms with Crippen molar-refractivity contribution >= 4 is 56.1 Å². The zero-order chi connectivity index (χ0) is 31.3. The van der Waals surface area contributed by atoms with Gasteiger partial charge in [0, 0.05) is 54.9 Å². The summed E-state index contributed by atoms with van der Waals surface area (Å²) >= 11 is 0. The Morgan fingerprint density at radius 1 is 0.292 bits per heavy atom. The highest BCUT2D eigenvalue weighted by Crippen LogP contribution is 2.40. The SMILES string of the molecule is c1ccc2c(c1)C1=NC2=C2N=C(N=c3[nH]c(c4ccccc34)=C3N=C(N=c4[nH]c(c5ccccc45)=N1)c1ccccc13)c1ccccc12. The molecule has 0 radical (unpaired) electrons. The zero-order valence-electron chi connectivity index (χ0n) is 25.2. The van der Waals surface area contributed by atoms with Gasteiger partial charge in [0.1, 0.15) is 16.5 Å². The third-order valence-electron chi connectivity index (χ3n) is 9.41. The fourth-order valence-corrected chi connectivity index (χ4v) is 7.21. The highest BCUT2D eigenvalue weighted by molar-refractivity contribution is 6.19. The molecule has 10 bridgehead atoms. The van der Waals surface area contributed by atoms with E-state index in [9.17, 15) is 0 Å². The van der Waals surface area contributed by atoms with E-state index in [1.54, 1.807) is 0 Å². The predicted molar refractivity (Wildman–Crippen MR) is 188 cm³/mol. The molecule has 8 nitrogen and oxygen atoms in total. The Morgan fingerprint density at radius 3 is 1.10 bits per heavy atom. The maximum Gasteiger partial charge on any atom is 0.162 e. The Labute approximate surface area is 272 Å². The summed E-state index contributed by atoms with van der Waals surface area (Å²) in [5.74, 6) is 1.87. The summed E-state index contributed by atoms with van der Waals surface area (Å²) in [6.45, 7) is 0. The molecule has 0 amide bonds. The number of hydrogen-bond donors (Lipinski definition) is 2. The van der Waals surface area contributed by atoms with Gasteiger partial charge in [0.25, 0.3) is 0 Å². The third-order valence-corrected chi connectivity index (χ3v) is 9.41. The summed E-state index contributed by atoms with van der Waals surface area (Å²) < 4.78 is 0. The number of aliphatic imine (C=N–C) groups is 3. The van der Waals surface area contributed by atoms with E-state index in [2.05, 4.69) is 70.6 Å². The second-order valence-corrected chi connectivity index (χ2v) is 12.1. The third kappa shape index (κ3) is 3.48. The Balaban J connectivity index is 1.35. The first-order chi connectivity index (χ1) is 23.8. The van der Waals surface area contributed by atoms with Gasteiger partial charge < -0.3 is 9.97 Å². The van der Waals surface area contributed by atoms with Crippen LogP contribution in [0.15, 0.2) is 151 Å². The van der Waals surface area contributed by atoms with E-state index < -0.39 is 0 Å². The quantitative estimate of drug-likeness (QED) is 0.235. The van der Waals surface area contributed by atoms with Crippen LogP contribution >= 0.6 is 0 Å². The molecule has 4 aliphatic rings. The van der Waals surface area contributed by atoms with Gasteiger partial charge >= 0.3 is 0 Å². The number of fused-ring (bicyclic) bond motifs is 22. The monoisotopic (exact) mass is 614 g/mol. The molecule has 0 spiro atoms. The van der Waals surface area contributed by atoms with E-state index in [1.165, 1.54) is 0 Å². The summed E-state index contributed by atoms with van der Waals surface area (Å²) in [4.78, 5) is 38.2. The highest BCUT2D eigenvalue weighted by Gasteiger charge is 2.29. The van der Waals surface area contributed by atoms with Gasteiger partial charge in [0.2, 0.25) is 0 Å². The van der Waals surface area contributed by atoms with Crippen LogP contribution in [0.4, 0.5) is 0 Å². The van der Waals surface area contributed by atoms with Gasteiger partial charge in [-0.25, -0.2) is 30.0 Å². The van der Waals surface area contributed by atoms with Crippen LogP contribution in [-0.4, -0.2) is 27.5 Å². The summed E-state index contributed by atoms with van der Waals surface area (Å²) in [6, 6.07) is 41.1. The largest absolute Gasteiger partial charge is 0.337 e. The van der Waals surface area contributed by atoms with Crippen molar-refractivity contribution in [1.82, 2.24) is 9.97 Å². The Bertz CT molecular complexity index is 3000. The Morgan fingerprint density at radius 2 is 0.625 bits per heavy atom. The smallest absolute Gasteiger partial charge is 0.162 e. The minimum atomic E-state index is 0.616. The number of aromatic nitrogens is 2. The van der Waals surface area contributed by atoms with Crippen LogP contribution in [0.1, 0.15) is 33.4 Å². The van der Waals surface area contributed by atoms with E-state index in [0.29, 0.717) is 28.5 Å². The normalized spacial score (nSPS) is 15.4. The summed E-state index contributed by atoms with van der Waals surface area (Å²) in [6.07, 6.45) is 0. The maximum absolute atomic E-state index is 5.21. The average molecular weight is 615 g/mol. The van der Waals surface area contributed by atoms with E-state index in [4.69, 9.17) is 30.0 Å². The molecule has 7 aromatic rings. The number of nitrogens with zero attached hydrogens (tertiary/aromatic N) is 6. The lowest BCUT2D eigenvalue weighted by molar-refractivity contribution is 1.15. The van der Waals surface area contributed by atoms with Crippen LogP contribution in [0.3, 0.4) is 0 Å². The van der Waals surface area contributed by atoms with Gasteiger partial charge in [-0.05, 0) is 0 Å². The van der Waals surface area contributed by atoms with Crippen LogP contribution in [0.2, 0.25) is 0 Å². The number of nitrogens with one attached hydrogen (secondary N) is 2. The number of benzene rings is 5. The molecule has 0 atom stereocenters. The summed E-state index contributed by atoms with van der Waals surface area (Å²) in [5, 5.41) is 4.82. The minimum absolute atomic E-state index is 0.616. The molecule has 11 rings (SSSR count). The molecule has 0 fully saturated rings.